The highest BCUT2D eigenvalue weighted by molar-refractivity contribution is 9.10. The van der Waals surface area contributed by atoms with Crippen molar-refractivity contribution in [2.24, 2.45) is 5.92 Å². The van der Waals surface area contributed by atoms with Crippen LogP contribution < -0.4 is 10.6 Å². The van der Waals surface area contributed by atoms with Crippen molar-refractivity contribution in [1.29, 1.82) is 0 Å². The summed E-state index contributed by atoms with van der Waals surface area (Å²) in [4.78, 5) is 25.5. The van der Waals surface area contributed by atoms with Crippen molar-refractivity contribution in [3.05, 3.63) is 67.3 Å². The second-order valence-corrected chi connectivity index (χ2v) is 11.4. The standard InChI is InChI=1S/C24H25BrCl3N5O2S/c1-4-33-22(20(9-13(2)3)30-23(35)16-7-5-14(26)10-18(16)27)31-32-24(33)36-12-21(34)29-15-6-8-17(25)19(28)11-15/h5-8,10-11,13,20H,4,9,12H2,1-3H3,(H,29,34)(H,30,35)/t20-/m0/s1. The van der Waals surface area contributed by atoms with Gasteiger partial charge in [-0.15, -0.1) is 10.2 Å². The number of thioether (sulfide) groups is 1. The predicted octanol–water partition coefficient (Wildman–Crippen LogP) is 7.27. The van der Waals surface area contributed by atoms with Crippen LogP contribution in [0.2, 0.25) is 15.1 Å². The molecule has 0 fully saturated rings. The van der Waals surface area contributed by atoms with Gasteiger partial charge in [-0.05, 0) is 71.6 Å². The van der Waals surface area contributed by atoms with Gasteiger partial charge in [0.2, 0.25) is 5.91 Å². The molecule has 0 unspecified atom stereocenters. The first-order valence-corrected chi connectivity index (χ1v) is 14.1. The molecule has 2 N–H and O–H groups in total. The third kappa shape index (κ3) is 7.61. The second-order valence-electron chi connectivity index (χ2n) is 8.33. The van der Waals surface area contributed by atoms with Gasteiger partial charge in [-0.25, -0.2) is 0 Å². The Morgan fingerprint density at radius 1 is 1.08 bits per heavy atom. The number of carbonyl (C=O) groups is 2. The van der Waals surface area contributed by atoms with E-state index < -0.39 is 6.04 Å². The van der Waals surface area contributed by atoms with Crippen molar-refractivity contribution in [1.82, 2.24) is 20.1 Å². The van der Waals surface area contributed by atoms with Gasteiger partial charge in [-0.2, -0.15) is 0 Å². The number of anilines is 1. The Kier molecular flexibility index (Phi) is 10.5. The van der Waals surface area contributed by atoms with Crippen molar-refractivity contribution in [2.45, 2.75) is 44.9 Å². The Morgan fingerprint density at radius 2 is 1.83 bits per heavy atom. The van der Waals surface area contributed by atoms with Crippen LogP contribution in [-0.2, 0) is 11.3 Å². The van der Waals surface area contributed by atoms with E-state index in [1.165, 1.54) is 17.8 Å². The number of benzene rings is 2. The molecule has 192 valence electrons. The summed E-state index contributed by atoms with van der Waals surface area (Å²) in [5, 5.41) is 16.4. The summed E-state index contributed by atoms with van der Waals surface area (Å²) >= 11 is 22.9. The summed E-state index contributed by atoms with van der Waals surface area (Å²) in [6.45, 7) is 6.66. The van der Waals surface area contributed by atoms with Crippen LogP contribution in [0, 0.1) is 5.92 Å². The van der Waals surface area contributed by atoms with Crippen LogP contribution in [0.3, 0.4) is 0 Å². The molecule has 36 heavy (non-hydrogen) atoms. The predicted molar refractivity (Wildman–Crippen MR) is 150 cm³/mol. The zero-order valence-electron chi connectivity index (χ0n) is 19.8. The Bertz CT molecular complexity index is 1250. The third-order valence-electron chi connectivity index (χ3n) is 5.10. The third-order valence-corrected chi connectivity index (χ3v) is 7.84. The molecule has 1 heterocycles. The van der Waals surface area contributed by atoms with Crippen LogP contribution in [0.15, 0.2) is 46.0 Å². The summed E-state index contributed by atoms with van der Waals surface area (Å²) in [5.74, 6) is 0.502. The normalized spacial score (nSPS) is 12.0. The Morgan fingerprint density at radius 3 is 2.47 bits per heavy atom. The van der Waals surface area contributed by atoms with Gasteiger partial charge in [0.05, 0.1) is 27.4 Å². The molecule has 0 radical (unpaired) electrons. The molecule has 0 aliphatic rings. The number of nitrogens with one attached hydrogen (secondary N) is 2. The molecule has 3 rings (SSSR count). The minimum absolute atomic E-state index is 0.132. The molecule has 7 nitrogen and oxygen atoms in total. The Balaban J connectivity index is 1.74. The minimum atomic E-state index is -0.398. The highest BCUT2D eigenvalue weighted by Crippen LogP contribution is 2.28. The second kappa shape index (κ2) is 13.1. The Hall–Kier alpha value is -1.78. The van der Waals surface area contributed by atoms with Gasteiger partial charge in [0.15, 0.2) is 11.0 Å². The van der Waals surface area contributed by atoms with Crippen LogP contribution in [0.25, 0.3) is 0 Å². The maximum atomic E-state index is 13.0. The van der Waals surface area contributed by atoms with E-state index in [2.05, 4.69) is 50.6 Å². The lowest BCUT2D eigenvalue weighted by Gasteiger charge is -2.21. The van der Waals surface area contributed by atoms with Crippen LogP contribution >= 0.6 is 62.5 Å². The fourth-order valence-corrected chi connectivity index (χ4v) is 5.20. The van der Waals surface area contributed by atoms with Gasteiger partial charge in [0.1, 0.15) is 0 Å². The highest BCUT2D eigenvalue weighted by Gasteiger charge is 2.25. The number of aromatic nitrogens is 3. The van der Waals surface area contributed by atoms with Crippen LogP contribution in [0.5, 0.6) is 0 Å². The fourth-order valence-electron chi connectivity index (χ4n) is 3.47. The van der Waals surface area contributed by atoms with Gasteiger partial charge in [0, 0.05) is 21.7 Å². The van der Waals surface area contributed by atoms with E-state index in [0.29, 0.717) is 45.2 Å². The zero-order chi connectivity index (χ0) is 26.4. The van der Waals surface area contributed by atoms with E-state index in [1.807, 2.05) is 11.5 Å². The maximum Gasteiger partial charge on any atom is 0.253 e. The highest BCUT2D eigenvalue weighted by atomic mass is 79.9. The number of hydrogen-bond donors (Lipinski definition) is 2. The Labute approximate surface area is 237 Å². The number of amides is 2. The molecule has 2 amide bonds. The van der Waals surface area contributed by atoms with Gasteiger partial charge in [0.25, 0.3) is 5.91 Å². The minimum Gasteiger partial charge on any atom is -0.342 e. The van der Waals surface area contributed by atoms with Gasteiger partial charge in [-0.1, -0.05) is 60.4 Å². The first kappa shape index (κ1) is 28.8. The number of carbonyl (C=O) groups excluding carboxylic acids is 2. The molecule has 3 aromatic rings. The lowest BCUT2D eigenvalue weighted by molar-refractivity contribution is -0.113. The molecule has 0 saturated carbocycles. The summed E-state index contributed by atoms with van der Waals surface area (Å²) < 4.78 is 2.66. The summed E-state index contributed by atoms with van der Waals surface area (Å²) in [6.07, 6.45) is 0.643. The molecule has 1 aromatic heterocycles. The molecular weight excluding hydrogens is 609 g/mol. The largest absolute Gasteiger partial charge is 0.342 e. The lowest BCUT2D eigenvalue weighted by Crippen LogP contribution is -2.31. The molecule has 12 heteroatoms. The first-order chi connectivity index (χ1) is 17.1. The maximum absolute atomic E-state index is 13.0. The molecule has 0 aliphatic carbocycles. The summed E-state index contributed by atoms with van der Waals surface area (Å²) in [6, 6.07) is 9.55. The smallest absolute Gasteiger partial charge is 0.253 e. The number of halogens is 4. The van der Waals surface area contributed by atoms with E-state index in [1.54, 1.807) is 30.3 Å². The van der Waals surface area contributed by atoms with E-state index in [0.717, 1.165) is 4.47 Å². The molecule has 2 aromatic carbocycles. The van der Waals surface area contributed by atoms with Crippen molar-refractivity contribution in [3.63, 3.8) is 0 Å². The first-order valence-electron chi connectivity index (χ1n) is 11.2. The summed E-state index contributed by atoms with van der Waals surface area (Å²) in [7, 11) is 0. The average molecular weight is 634 g/mol. The monoisotopic (exact) mass is 631 g/mol. The van der Waals surface area contributed by atoms with E-state index in [4.69, 9.17) is 34.8 Å². The van der Waals surface area contributed by atoms with Gasteiger partial charge >= 0.3 is 0 Å². The molecule has 0 saturated heterocycles. The van der Waals surface area contributed by atoms with E-state index >= 15 is 0 Å². The van der Waals surface area contributed by atoms with Crippen LogP contribution in [-0.4, -0.2) is 32.3 Å². The topological polar surface area (TPSA) is 88.9 Å². The fraction of sp³-hybridized carbons (Fsp3) is 0.333. The van der Waals surface area contributed by atoms with Crippen LogP contribution in [0.1, 0.15) is 49.4 Å². The molecular formula is C24H25BrCl3N5O2S. The van der Waals surface area contributed by atoms with Crippen molar-refractivity contribution >= 4 is 80.0 Å². The van der Waals surface area contributed by atoms with Crippen molar-refractivity contribution in [2.75, 3.05) is 11.1 Å². The number of nitrogens with zero attached hydrogens (tertiary/aromatic N) is 3. The molecule has 0 bridgehead atoms. The van der Waals surface area contributed by atoms with E-state index in [9.17, 15) is 9.59 Å². The van der Waals surface area contributed by atoms with Crippen molar-refractivity contribution < 1.29 is 9.59 Å². The molecule has 1 atom stereocenters. The number of rotatable bonds is 10. The molecule has 0 aliphatic heterocycles. The number of hydrogen-bond acceptors (Lipinski definition) is 5. The average Bonchev–Trinajstić information content (AvgIpc) is 3.22. The quantitative estimate of drug-likeness (QED) is 0.229. The van der Waals surface area contributed by atoms with Gasteiger partial charge in [-0.3, -0.25) is 9.59 Å². The lowest BCUT2D eigenvalue weighted by atomic mass is 10.0. The van der Waals surface area contributed by atoms with E-state index in [-0.39, 0.29) is 28.5 Å². The van der Waals surface area contributed by atoms with Crippen LogP contribution in [0.4, 0.5) is 5.69 Å². The zero-order valence-corrected chi connectivity index (χ0v) is 24.5. The molecule has 0 spiro atoms. The van der Waals surface area contributed by atoms with Crippen molar-refractivity contribution in [3.8, 4) is 0 Å². The van der Waals surface area contributed by atoms with Gasteiger partial charge < -0.3 is 15.2 Å². The SMILES string of the molecule is CCn1c(SCC(=O)Nc2ccc(Br)c(Cl)c2)nnc1[C@H](CC(C)C)NC(=O)c1ccc(Cl)cc1Cl. The summed E-state index contributed by atoms with van der Waals surface area (Å²) in [5.41, 5.74) is 0.934.